The van der Waals surface area contributed by atoms with Gasteiger partial charge in [-0.15, -0.1) is 0 Å². The number of hydrogen-bond acceptors (Lipinski definition) is 5. The maximum atomic E-state index is 8.94. The van der Waals surface area contributed by atoms with Gasteiger partial charge < -0.3 is 10.6 Å². The molecule has 2 aromatic rings. The van der Waals surface area contributed by atoms with Crippen LogP contribution in [0.25, 0.3) is 0 Å². The van der Waals surface area contributed by atoms with Gasteiger partial charge in [-0.2, -0.15) is 5.26 Å². The highest BCUT2D eigenvalue weighted by Crippen LogP contribution is 2.24. The van der Waals surface area contributed by atoms with Crippen LogP contribution in [0, 0.1) is 11.3 Å². The van der Waals surface area contributed by atoms with Gasteiger partial charge in [0, 0.05) is 18.3 Å². The van der Waals surface area contributed by atoms with Crippen LogP contribution in [-0.4, -0.2) is 17.0 Å². The molecule has 0 unspecified atom stereocenters. The average molecular weight is 267 g/mol. The SMILES string of the molecule is CCCc1c(NC)ncnc1Nc1cccc(C#N)c1. The number of anilines is 3. The fraction of sp³-hybridized carbons (Fsp3) is 0.267. The molecule has 0 spiro atoms. The summed E-state index contributed by atoms with van der Waals surface area (Å²) in [4.78, 5) is 8.55. The summed E-state index contributed by atoms with van der Waals surface area (Å²) in [7, 11) is 1.85. The summed E-state index contributed by atoms with van der Waals surface area (Å²) >= 11 is 0. The van der Waals surface area contributed by atoms with Crippen molar-refractivity contribution in [3.8, 4) is 6.07 Å². The lowest BCUT2D eigenvalue weighted by atomic mass is 10.1. The monoisotopic (exact) mass is 267 g/mol. The van der Waals surface area contributed by atoms with E-state index >= 15 is 0 Å². The molecule has 0 saturated heterocycles. The van der Waals surface area contributed by atoms with Crippen LogP contribution in [0.1, 0.15) is 24.5 Å². The van der Waals surface area contributed by atoms with E-state index < -0.39 is 0 Å². The maximum Gasteiger partial charge on any atom is 0.139 e. The van der Waals surface area contributed by atoms with Crippen molar-refractivity contribution in [1.82, 2.24) is 9.97 Å². The molecule has 0 amide bonds. The summed E-state index contributed by atoms with van der Waals surface area (Å²) in [6.07, 6.45) is 3.42. The van der Waals surface area contributed by atoms with E-state index in [4.69, 9.17) is 5.26 Å². The quantitative estimate of drug-likeness (QED) is 0.870. The molecule has 1 aromatic carbocycles. The van der Waals surface area contributed by atoms with Crippen molar-refractivity contribution in [2.45, 2.75) is 19.8 Å². The number of aromatic nitrogens is 2. The van der Waals surface area contributed by atoms with E-state index in [-0.39, 0.29) is 0 Å². The predicted molar refractivity (Wildman–Crippen MR) is 80.0 cm³/mol. The Morgan fingerprint density at radius 1 is 1.25 bits per heavy atom. The molecule has 0 atom stereocenters. The van der Waals surface area contributed by atoms with Crippen LogP contribution in [0.4, 0.5) is 17.3 Å². The first kappa shape index (κ1) is 13.8. The summed E-state index contributed by atoms with van der Waals surface area (Å²) in [5.74, 6) is 1.61. The molecule has 0 bridgehead atoms. The van der Waals surface area contributed by atoms with E-state index in [1.165, 1.54) is 6.33 Å². The molecule has 5 nitrogen and oxygen atoms in total. The van der Waals surface area contributed by atoms with Gasteiger partial charge >= 0.3 is 0 Å². The third-order valence-electron chi connectivity index (χ3n) is 2.94. The molecule has 0 radical (unpaired) electrons. The lowest BCUT2D eigenvalue weighted by Crippen LogP contribution is -2.05. The second-order valence-electron chi connectivity index (χ2n) is 4.37. The van der Waals surface area contributed by atoms with Crippen LogP contribution < -0.4 is 10.6 Å². The summed E-state index contributed by atoms with van der Waals surface area (Å²) in [6.45, 7) is 2.12. The summed E-state index contributed by atoms with van der Waals surface area (Å²) in [5, 5.41) is 15.3. The Kier molecular flexibility index (Phi) is 4.51. The lowest BCUT2D eigenvalue weighted by Gasteiger charge is -2.13. The number of rotatable bonds is 5. The summed E-state index contributed by atoms with van der Waals surface area (Å²) in [6, 6.07) is 9.47. The van der Waals surface area contributed by atoms with Gasteiger partial charge in [0.15, 0.2) is 0 Å². The molecule has 0 fully saturated rings. The first-order chi connectivity index (χ1) is 9.78. The average Bonchev–Trinajstić information content (AvgIpc) is 2.49. The molecule has 0 aliphatic carbocycles. The molecule has 102 valence electrons. The van der Waals surface area contributed by atoms with Crippen molar-refractivity contribution in [3.63, 3.8) is 0 Å². The minimum atomic E-state index is 0.620. The van der Waals surface area contributed by atoms with Gasteiger partial charge in [-0.3, -0.25) is 0 Å². The fourth-order valence-corrected chi connectivity index (χ4v) is 2.03. The lowest BCUT2D eigenvalue weighted by molar-refractivity contribution is 0.905. The third kappa shape index (κ3) is 3.04. The molecule has 0 saturated carbocycles. The molecule has 0 aliphatic heterocycles. The van der Waals surface area contributed by atoms with E-state index in [2.05, 4.69) is 33.6 Å². The second kappa shape index (κ2) is 6.53. The standard InChI is InChI=1S/C15H17N5/c1-3-5-13-14(17-2)18-10-19-15(13)20-12-7-4-6-11(8-12)9-16/h4,6-8,10H,3,5H2,1-2H3,(H2,17,18,19,20). The Balaban J connectivity index is 2.35. The maximum absolute atomic E-state index is 8.94. The van der Waals surface area contributed by atoms with Crippen molar-refractivity contribution in [2.75, 3.05) is 17.7 Å². The largest absolute Gasteiger partial charge is 0.373 e. The minimum absolute atomic E-state index is 0.620. The third-order valence-corrected chi connectivity index (χ3v) is 2.94. The normalized spacial score (nSPS) is 9.85. The van der Waals surface area contributed by atoms with Crippen LogP contribution in [0.3, 0.4) is 0 Å². The summed E-state index contributed by atoms with van der Waals surface area (Å²) < 4.78 is 0. The topological polar surface area (TPSA) is 73.6 Å². The predicted octanol–water partition coefficient (Wildman–Crippen LogP) is 3.09. The molecule has 2 rings (SSSR count). The zero-order valence-electron chi connectivity index (χ0n) is 11.6. The van der Waals surface area contributed by atoms with Crippen LogP contribution >= 0.6 is 0 Å². The molecule has 2 N–H and O–H groups in total. The van der Waals surface area contributed by atoms with Gasteiger partial charge in [0.05, 0.1) is 11.6 Å². The van der Waals surface area contributed by atoms with E-state index in [1.807, 2.05) is 19.2 Å². The second-order valence-corrected chi connectivity index (χ2v) is 4.37. The molecule has 1 aromatic heterocycles. The number of nitrogens with zero attached hydrogens (tertiary/aromatic N) is 3. The van der Waals surface area contributed by atoms with Gasteiger partial charge in [0.1, 0.15) is 18.0 Å². The van der Waals surface area contributed by atoms with Crippen molar-refractivity contribution in [1.29, 1.82) is 5.26 Å². The van der Waals surface area contributed by atoms with E-state index in [1.54, 1.807) is 12.1 Å². The van der Waals surface area contributed by atoms with Gasteiger partial charge in [0.25, 0.3) is 0 Å². The van der Waals surface area contributed by atoms with Crippen LogP contribution in [-0.2, 0) is 6.42 Å². The van der Waals surface area contributed by atoms with Crippen LogP contribution in [0.5, 0.6) is 0 Å². The van der Waals surface area contributed by atoms with Gasteiger partial charge in [-0.25, -0.2) is 9.97 Å². The molecule has 20 heavy (non-hydrogen) atoms. The van der Waals surface area contributed by atoms with Crippen molar-refractivity contribution in [3.05, 3.63) is 41.7 Å². The molecular weight excluding hydrogens is 250 g/mol. The Labute approximate surface area is 118 Å². The minimum Gasteiger partial charge on any atom is -0.373 e. The Bertz CT molecular complexity index is 630. The zero-order chi connectivity index (χ0) is 14.4. The molecule has 5 heteroatoms. The first-order valence-corrected chi connectivity index (χ1v) is 6.57. The Morgan fingerprint density at radius 2 is 2.05 bits per heavy atom. The Hall–Kier alpha value is -2.61. The van der Waals surface area contributed by atoms with E-state index in [0.29, 0.717) is 5.56 Å². The molecule has 0 aliphatic rings. The molecular formula is C15H17N5. The summed E-state index contributed by atoms with van der Waals surface area (Å²) in [5.41, 5.74) is 2.52. The highest BCUT2D eigenvalue weighted by Gasteiger charge is 2.10. The number of benzene rings is 1. The van der Waals surface area contributed by atoms with Gasteiger partial charge in [-0.1, -0.05) is 19.4 Å². The van der Waals surface area contributed by atoms with E-state index in [0.717, 1.165) is 35.7 Å². The van der Waals surface area contributed by atoms with E-state index in [9.17, 15) is 0 Å². The van der Waals surface area contributed by atoms with Gasteiger partial charge in [-0.05, 0) is 24.6 Å². The Morgan fingerprint density at radius 3 is 2.75 bits per heavy atom. The molecule has 1 heterocycles. The van der Waals surface area contributed by atoms with Crippen molar-refractivity contribution < 1.29 is 0 Å². The number of hydrogen-bond donors (Lipinski definition) is 2. The first-order valence-electron chi connectivity index (χ1n) is 6.57. The highest BCUT2D eigenvalue weighted by molar-refractivity contribution is 5.65. The van der Waals surface area contributed by atoms with Crippen LogP contribution in [0.2, 0.25) is 0 Å². The smallest absolute Gasteiger partial charge is 0.139 e. The van der Waals surface area contributed by atoms with Crippen molar-refractivity contribution >= 4 is 17.3 Å². The zero-order valence-corrected chi connectivity index (χ0v) is 11.6. The van der Waals surface area contributed by atoms with Crippen molar-refractivity contribution in [2.24, 2.45) is 0 Å². The number of nitrogens with one attached hydrogen (secondary N) is 2. The van der Waals surface area contributed by atoms with Gasteiger partial charge in [0.2, 0.25) is 0 Å². The highest BCUT2D eigenvalue weighted by atomic mass is 15.1. The van der Waals surface area contributed by atoms with Crippen LogP contribution in [0.15, 0.2) is 30.6 Å². The fourth-order valence-electron chi connectivity index (χ4n) is 2.03. The number of nitriles is 1.